The molecule has 22 heavy (non-hydrogen) atoms. The maximum absolute atomic E-state index is 12.2. The van der Waals surface area contributed by atoms with Crippen molar-refractivity contribution in [3.05, 3.63) is 23.3 Å². The highest BCUT2D eigenvalue weighted by molar-refractivity contribution is 5.95. The molecule has 7 nitrogen and oxygen atoms in total. The summed E-state index contributed by atoms with van der Waals surface area (Å²) in [6.07, 6.45) is 0.747. The fraction of sp³-hybridized carbons (Fsp3) is 0.600. The van der Waals surface area contributed by atoms with Crippen molar-refractivity contribution in [3.8, 4) is 0 Å². The maximum atomic E-state index is 12.2. The molecule has 0 fully saturated rings. The lowest BCUT2D eigenvalue weighted by Crippen LogP contribution is -2.50. The van der Waals surface area contributed by atoms with Gasteiger partial charge in [0.1, 0.15) is 11.5 Å². The van der Waals surface area contributed by atoms with Crippen molar-refractivity contribution in [2.45, 2.75) is 38.3 Å². The minimum Gasteiger partial charge on any atom is -0.465 e. The smallest absolute Gasteiger partial charge is 0.339 e. The number of carbonyl (C=O) groups is 2. The van der Waals surface area contributed by atoms with Gasteiger partial charge in [-0.25, -0.2) is 4.79 Å². The Morgan fingerprint density at radius 3 is 2.68 bits per heavy atom. The van der Waals surface area contributed by atoms with Crippen LogP contribution in [0.3, 0.4) is 0 Å². The SMILES string of the molecule is CCOC(=O)[C@@H]1C=C(C)[C@@H](OC)C[C@@]1(O)C1=CC(O)OC1=O. The van der Waals surface area contributed by atoms with E-state index >= 15 is 0 Å². The summed E-state index contributed by atoms with van der Waals surface area (Å²) in [5, 5.41) is 20.5. The van der Waals surface area contributed by atoms with E-state index in [9.17, 15) is 19.8 Å². The molecule has 0 amide bonds. The Balaban J connectivity index is 2.46. The Hall–Kier alpha value is -1.70. The molecule has 2 aliphatic rings. The molecule has 0 aromatic heterocycles. The van der Waals surface area contributed by atoms with Gasteiger partial charge in [-0.3, -0.25) is 4.79 Å². The molecule has 1 heterocycles. The quantitative estimate of drug-likeness (QED) is 0.559. The first-order valence-electron chi connectivity index (χ1n) is 7.05. The second-order valence-electron chi connectivity index (χ2n) is 5.37. The third-order valence-corrected chi connectivity index (χ3v) is 4.00. The van der Waals surface area contributed by atoms with E-state index in [1.54, 1.807) is 13.8 Å². The van der Waals surface area contributed by atoms with Crippen molar-refractivity contribution in [2.24, 2.45) is 5.92 Å². The number of hydrogen-bond acceptors (Lipinski definition) is 7. The molecule has 1 aliphatic heterocycles. The van der Waals surface area contributed by atoms with E-state index in [0.29, 0.717) is 0 Å². The average Bonchev–Trinajstić information content (AvgIpc) is 2.80. The van der Waals surface area contributed by atoms with E-state index in [-0.39, 0.29) is 18.6 Å². The van der Waals surface area contributed by atoms with Crippen molar-refractivity contribution in [1.82, 2.24) is 0 Å². The third kappa shape index (κ3) is 2.79. The summed E-state index contributed by atoms with van der Waals surface area (Å²) in [6.45, 7) is 3.58. The summed E-state index contributed by atoms with van der Waals surface area (Å²) in [5.41, 5.74) is -1.23. The van der Waals surface area contributed by atoms with Crippen LogP contribution in [0.1, 0.15) is 20.3 Å². The van der Waals surface area contributed by atoms with E-state index in [4.69, 9.17) is 9.47 Å². The highest BCUT2D eigenvalue weighted by Gasteiger charge is 2.53. The van der Waals surface area contributed by atoms with Crippen LogP contribution in [-0.2, 0) is 23.8 Å². The standard InChI is InChI=1S/C15H20O7/c1-4-21-13(17)9-5-8(2)11(20-3)7-15(9,19)10-6-12(16)22-14(10)18/h5-6,9,11-12,16,19H,4,7H2,1-3H3/t9-,11-,12?,15-/m0/s1. The minimum absolute atomic E-state index is 0.0109. The first-order valence-corrected chi connectivity index (χ1v) is 7.05. The van der Waals surface area contributed by atoms with E-state index in [0.717, 1.165) is 11.6 Å². The first-order chi connectivity index (χ1) is 10.3. The van der Waals surface area contributed by atoms with Crippen LogP contribution >= 0.6 is 0 Å². The Bertz CT molecular complexity index is 536. The fourth-order valence-electron chi connectivity index (χ4n) is 2.86. The monoisotopic (exact) mass is 312 g/mol. The Kier molecular flexibility index (Phi) is 4.69. The lowest BCUT2D eigenvalue weighted by molar-refractivity contribution is -0.159. The highest BCUT2D eigenvalue weighted by Crippen LogP contribution is 2.41. The second kappa shape index (κ2) is 6.20. The summed E-state index contributed by atoms with van der Waals surface area (Å²) >= 11 is 0. The molecule has 0 spiro atoms. The van der Waals surface area contributed by atoms with Gasteiger partial charge in [0.05, 0.1) is 18.3 Å². The van der Waals surface area contributed by atoms with Gasteiger partial charge in [-0.15, -0.1) is 0 Å². The molecule has 0 saturated carbocycles. The number of rotatable bonds is 4. The van der Waals surface area contributed by atoms with Crippen LogP contribution in [0.5, 0.6) is 0 Å². The normalized spacial score (nSPS) is 34.8. The summed E-state index contributed by atoms with van der Waals surface area (Å²) in [4.78, 5) is 24.1. The molecule has 0 aromatic carbocycles. The van der Waals surface area contributed by atoms with E-state index in [2.05, 4.69) is 4.74 Å². The first kappa shape index (κ1) is 16.7. The molecule has 0 bridgehead atoms. The predicted octanol–water partition coefficient (Wildman–Crippen LogP) is 0.0634. The Morgan fingerprint density at radius 1 is 1.50 bits per heavy atom. The summed E-state index contributed by atoms with van der Waals surface area (Å²) < 4.78 is 14.9. The Labute approximate surface area is 128 Å². The van der Waals surface area contributed by atoms with Crippen LogP contribution in [0.4, 0.5) is 0 Å². The summed E-state index contributed by atoms with van der Waals surface area (Å²) in [5.74, 6) is -2.57. The van der Waals surface area contributed by atoms with Crippen LogP contribution in [0.25, 0.3) is 0 Å². The average molecular weight is 312 g/mol. The van der Waals surface area contributed by atoms with Gasteiger partial charge in [0.15, 0.2) is 0 Å². The van der Waals surface area contributed by atoms with Crippen LogP contribution < -0.4 is 0 Å². The van der Waals surface area contributed by atoms with Crippen LogP contribution in [0.2, 0.25) is 0 Å². The molecule has 1 aliphatic carbocycles. The number of aliphatic hydroxyl groups is 2. The Morgan fingerprint density at radius 2 is 2.18 bits per heavy atom. The largest absolute Gasteiger partial charge is 0.465 e. The van der Waals surface area contributed by atoms with Crippen LogP contribution in [0, 0.1) is 5.92 Å². The van der Waals surface area contributed by atoms with E-state index < -0.39 is 35.9 Å². The number of ether oxygens (including phenoxy) is 3. The van der Waals surface area contributed by atoms with Crippen molar-refractivity contribution in [1.29, 1.82) is 0 Å². The highest BCUT2D eigenvalue weighted by atomic mass is 16.6. The fourth-order valence-corrected chi connectivity index (χ4v) is 2.86. The molecule has 0 aromatic rings. The zero-order chi connectivity index (χ0) is 16.5. The molecular formula is C15H20O7. The summed E-state index contributed by atoms with van der Waals surface area (Å²) in [6, 6.07) is 0. The van der Waals surface area contributed by atoms with Gasteiger partial charge in [-0.05, 0) is 25.5 Å². The molecule has 122 valence electrons. The topological polar surface area (TPSA) is 102 Å². The van der Waals surface area contributed by atoms with Crippen LogP contribution in [-0.4, -0.2) is 53.9 Å². The number of hydrogen-bond donors (Lipinski definition) is 2. The molecule has 7 heteroatoms. The third-order valence-electron chi connectivity index (χ3n) is 4.00. The lowest BCUT2D eigenvalue weighted by Gasteiger charge is -2.39. The number of aliphatic hydroxyl groups excluding tert-OH is 1. The molecule has 2 rings (SSSR count). The molecular weight excluding hydrogens is 292 g/mol. The van der Waals surface area contributed by atoms with Gasteiger partial charge in [-0.2, -0.15) is 0 Å². The van der Waals surface area contributed by atoms with Crippen molar-refractivity contribution >= 4 is 11.9 Å². The molecule has 0 saturated heterocycles. The predicted molar refractivity (Wildman–Crippen MR) is 74.4 cm³/mol. The van der Waals surface area contributed by atoms with E-state index in [1.807, 2.05) is 0 Å². The number of methoxy groups -OCH3 is 1. The van der Waals surface area contributed by atoms with Gasteiger partial charge >= 0.3 is 11.9 Å². The van der Waals surface area contributed by atoms with Gasteiger partial charge in [-0.1, -0.05) is 6.08 Å². The molecule has 0 radical (unpaired) electrons. The van der Waals surface area contributed by atoms with Gasteiger partial charge < -0.3 is 24.4 Å². The second-order valence-corrected chi connectivity index (χ2v) is 5.37. The molecule has 2 N–H and O–H groups in total. The lowest BCUT2D eigenvalue weighted by atomic mass is 9.71. The number of cyclic esters (lactones) is 1. The van der Waals surface area contributed by atoms with Crippen molar-refractivity contribution in [2.75, 3.05) is 13.7 Å². The van der Waals surface area contributed by atoms with Gasteiger partial charge in [0.25, 0.3) is 0 Å². The minimum atomic E-state index is -1.85. The number of carbonyl (C=O) groups excluding carboxylic acids is 2. The summed E-state index contributed by atoms with van der Waals surface area (Å²) in [7, 11) is 1.48. The van der Waals surface area contributed by atoms with E-state index in [1.165, 1.54) is 13.2 Å². The van der Waals surface area contributed by atoms with Crippen molar-refractivity contribution in [3.63, 3.8) is 0 Å². The van der Waals surface area contributed by atoms with Gasteiger partial charge in [0, 0.05) is 13.5 Å². The maximum Gasteiger partial charge on any atom is 0.339 e. The zero-order valence-electron chi connectivity index (χ0n) is 12.7. The van der Waals surface area contributed by atoms with Crippen molar-refractivity contribution < 1.29 is 34.0 Å². The number of esters is 2. The van der Waals surface area contributed by atoms with Gasteiger partial charge in [0.2, 0.25) is 6.29 Å². The zero-order valence-corrected chi connectivity index (χ0v) is 12.7. The molecule has 1 unspecified atom stereocenters. The molecule has 4 atom stereocenters. The van der Waals surface area contributed by atoms with Crippen LogP contribution in [0.15, 0.2) is 23.3 Å².